The first kappa shape index (κ1) is 36.3. The van der Waals surface area contributed by atoms with E-state index in [1.54, 1.807) is 0 Å². The molecule has 0 radical (unpaired) electrons. The number of para-hydroxylation sites is 6. The summed E-state index contributed by atoms with van der Waals surface area (Å²) in [6.45, 7) is 0. The minimum absolute atomic E-state index is 0.576. The molecule has 306 valence electrons. The number of nitrogens with zero attached hydrogens (tertiary/aromatic N) is 6. The molecule has 0 saturated heterocycles. The Labute approximate surface area is 378 Å². The highest BCUT2D eigenvalue weighted by Gasteiger charge is 2.24. The van der Waals surface area contributed by atoms with Crippen LogP contribution in [0, 0.1) is 11.3 Å². The summed E-state index contributed by atoms with van der Waals surface area (Å²) in [5.41, 5.74) is 15.5. The van der Waals surface area contributed by atoms with Gasteiger partial charge in [-0.05, 0) is 97.1 Å². The molecular weight excluding hydrogens is 805 g/mol. The lowest BCUT2D eigenvalue weighted by Gasteiger charge is -2.18. The highest BCUT2D eigenvalue weighted by molar-refractivity contribution is 6.21. The third-order valence-electron chi connectivity index (χ3n) is 13.7. The van der Waals surface area contributed by atoms with Crippen LogP contribution in [-0.2, 0) is 0 Å². The largest absolute Gasteiger partial charge is 0.309 e. The average Bonchev–Trinajstić information content (AvgIpc) is 4.09. The summed E-state index contributed by atoms with van der Waals surface area (Å²) in [6.07, 6.45) is 3.85. The number of benzene rings is 9. The Bertz CT molecular complexity index is 4350. The van der Waals surface area contributed by atoms with Crippen LogP contribution in [-0.4, -0.2) is 23.3 Å². The van der Waals surface area contributed by atoms with Gasteiger partial charge in [0.2, 0.25) is 0 Å². The highest BCUT2D eigenvalue weighted by atomic mass is 15.0. The molecule has 0 fully saturated rings. The van der Waals surface area contributed by atoms with E-state index < -0.39 is 0 Å². The fourth-order valence-electron chi connectivity index (χ4n) is 10.9. The van der Waals surface area contributed by atoms with E-state index in [9.17, 15) is 5.26 Å². The lowest BCUT2D eigenvalue weighted by Crippen LogP contribution is -2.03. The molecule has 0 amide bonds. The minimum atomic E-state index is 0.576. The van der Waals surface area contributed by atoms with E-state index in [1.807, 2.05) is 24.5 Å². The maximum atomic E-state index is 10.5. The molecule has 0 aliphatic heterocycles. The van der Waals surface area contributed by atoms with Crippen LogP contribution >= 0.6 is 0 Å². The molecule has 14 aromatic rings. The molecule has 0 aliphatic rings. The molecule has 6 heteroatoms. The molecular formula is C60H36N6. The van der Waals surface area contributed by atoms with Crippen molar-refractivity contribution in [3.8, 4) is 39.9 Å². The summed E-state index contributed by atoms with van der Waals surface area (Å²) in [7, 11) is 0. The molecule has 5 aromatic heterocycles. The Morgan fingerprint density at radius 2 is 0.712 bits per heavy atom. The summed E-state index contributed by atoms with van der Waals surface area (Å²) >= 11 is 0. The Morgan fingerprint density at radius 3 is 1.17 bits per heavy atom. The van der Waals surface area contributed by atoms with Gasteiger partial charge in [-0.2, -0.15) is 5.26 Å². The standard InChI is InChI=1S/C60H36N6/c61-36-38-27-28-55(65-53-25-13-9-21-43(53)48-32-46-41-19-7-11-23-51(41)63(57(46)34-59(48)65)39-15-3-1-4-16-39)45(31-38)50-37-62-30-29-56(50)66-54-26-14-10-22-44(54)49-33-47-42-20-8-12-24-52(42)64(58(47)35-60(49)66)40-17-5-2-6-18-40/h1-35,37H. The van der Waals surface area contributed by atoms with Crippen molar-refractivity contribution in [2.45, 2.75) is 0 Å². The number of nitriles is 1. The van der Waals surface area contributed by atoms with Crippen molar-refractivity contribution in [1.29, 1.82) is 5.26 Å². The number of rotatable bonds is 5. The molecule has 0 saturated carbocycles. The van der Waals surface area contributed by atoms with Crippen molar-refractivity contribution in [2.75, 3.05) is 0 Å². The lowest BCUT2D eigenvalue weighted by molar-refractivity contribution is 1.14. The predicted molar refractivity (Wildman–Crippen MR) is 272 cm³/mol. The zero-order valence-electron chi connectivity index (χ0n) is 35.5. The molecule has 0 spiro atoms. The normalized spacial score (nSPS) is 11.9. The maximum Gasteiger partial charge on any atom is 0.0991 e. The van der Waals surface area contributed by atoms with Crippen LogP contribution in [0.5, 0.6) is 0 Å². The third kappa shape index (κ3) is 5.08. The predicted octanol–water partition coefficient (Wildman–Crippen LogP) is 15.0. The first-order valence-corrected chi connectivity index (χ1v) is 22.3. The van der Waals surface area contributed by atoms with Crippen molar-refractivity contribution < 1.29 is 0 Å². The van der Waals surface area contributed by atoms with Crippen LogP contribution in [0.2, 0.25) is 0 Å². The van der Waals surface area contributed by atoms with Crippen molar-refractivity contribution in [3.05, 3.63) is 224 Å². The van der Waals surface area contributed by atoms with Crippen LogP contribution in [0.4, 0.5) is 0 Å². The highest BCUT2D eigenvalue weighted by Crippen LogP contribution is 2.45. The second-order valence-corrected chi connectivity index (χ2v) is 17.1. The fraction of sp³-hybridized carbons (Fsp3) is 0. The van der Waals surface area contributed by atoms with E-state index in [0.717, 1.165) is 88.8 Å². The molecule has 66 heavy (non-hydrogen) atoms. The van der Waals surface area contributed by atoms with Gasteiger partial charge >= 0.3 is 0 Å². The van der Waals surface area contributed by atoms with Gasteiger partial charge in [0.05, 0.1) is 67.1 Å². The van der Waals surface area contributed by atoms with Crippen molar-refractivity contribution in [2.24, 2.45) is 0 Å². The van der Waals surface area contributed by atoms with Gasteiger partial charge < -0.3 is 18.3 Å². The minimum Gasteiger partial charge on any atom is -0.309 e. The van der Waals surface area contributed by atoms with Gasteiger partial charge in [0.1, 0.15) is 0 Å². The van der Waals surface area contributed by atoms with E-state index in [2.05, 4.69) is 218 Å². The molecule has 0 N–H and O–H groups in total. The first-order valence-electron chi connectivity index (χ1n) is 22.3. The molecule has 0 aliphatic carbocycles. The quantitative estimate of drug-likeness (QED) is 0.173. The van der Waals surface area contributed by atoms with Crippen molar-refractivity contribution in [1.82, 2.24) is 23.3 Å². The summed E-state index contributed by atoms with van der Waals surface area (Å²) in [6, 6.07) is 76.1. The van der Waals surface area contributed by atoms with Gasteiger partial charge in [-0.15, -0.1) is 0 Å². The fourth-order valence-corrected chi connectivity index (χ4v) is 10.9. The summed E-state index contributed by atoms with van der Waals surface area (Å²) < 4.78 is 9.54. The van der Waals surface area contributed by atoms with Gasteiger partial charge in [-0.25, -0.2) is 0 Å². The lowest BCUT2D eigenvalue weighted by atomic mass is 10.00. The molecule has 6 nitrogen and oxygen atoms in total. The van der Waals surface area contributed by atoms with Crippen molar-refractivity contribution in [3.63, 3.8) is 0 Å². The van der Waals surface area contributed by atoms with E-state index >= 15 is 0 Å². The summed E-state index contributed by atoms with van der Waals surface area (Å²) in [5, 5.41) is 20.0. The molecule has 0 bridgehead atoms. The molecule has 5 heterocycles. The SMILES string of the molecule is N#Cc1ccc(-n2c3ccccc3c3cc4c5ccccc5n(-c5ccccc5)c4cc32)c(-c2cnccc2-n2c3ccccc3c3cc4c5ccccc5n(-c5ccccc5)c4cc32)c1. The number of hydrogen-bond acceptors (Lipinski definition) is 2. The van der Waals surface area contributed by atoms with E-state index in [1.165, 1.54) is 32.3 Å². The second-order valence-electron chi connectivity index (χ2n) is 17.1. The number of aromatic nitrogens is 5. The van der Waals surface area contributed by atoms with Gasteiger partial charge in [-0.1, -0.05) is 109 Å². The smallest absolute Gasteiger partial charge is 0.0991 e. The summed E-state index contributed by atoms with van der Waals surface area (Å²) in [5.74, 6) is 0. The monoisotopic (exact) mass is 840 g/mol. The maximum absolute atomic E-state index is 10.5. The Balaban J connectivity index is 1.08. The number of hydrogen-bond donors (Lipinski definition) is 0. The van der Waals surface area contributed by atoms with Crippen LogP contribution in [0.1, 0.15) is 5.56 Å². The second kappa shape index (κ2) is 13.9. The molecule has 14 rings (SSSR count). The van der Waals surface area contributed by atoms with Crippen molar-refractivity contribution >= 4 is 87.2 Å². The van der Waals surface area contributed by atoms with Crippen LogP contribution < -0.4 is 0 Å². The van der Waals surface area contributed by atoms with E-state index in [0.29, 0.717) is 5.56 Å². The van der Waals surface area contributed by atoms with Crippen LogP contribution in [0.25, 0.3) is 121 Å². The van der Waals surface area contributed by atoms with Gasteiger partial charge in [0.15, 0.2) is 0 Å². The van der Waals surface area contributed by atoms with Crippen LogP contribution in [0.15, 0.2) is 219 Å². The zero-order chi connectivity index (χ0) is 43.5. The molecule has 0 unspecified atom stereocenters. The van der Waals surface area contributed by atoms with Gasteiger partial charge in [-0.3, -0.25) is 4.98 Å². The van der Waals surface area contributed by atoms with E-state index in [4.69, 9.17) is 4.98 Å². The van der Waals surface area contributed by atoms with Gasteiger partial charge in [0, 0.05) is 78.0 Å². The topological polar surface area (TPSA) is 56.4 Å². The summed E-state index contributed by atoms with van der Waals surface area (Å²) in [4.78, 5) is 4.82. The molecule has 9 aromatic carbocycles. The van der Waals surface area contributed by atoms with Crippen LogP contribution in [0.3, 0.4) is 0 Å². The van der Waals surface area contributed by atoms with E-state index in [-0.39, 0.29) is 0 Å². The first-order chi connectivity index (χ1) is 32.7. The Kier molecular flexibility index (Phi) is 7.65. The average molecular weight is 841 g/mol. The molecule has 0 atom stereocenters. The Morgan fingerprint density at radius 1 is 0.318 bits per heavy atom. The number of pyridine rings is 1. The Hall–Kier alpha value is -9.18. The third-order valence-corrected chi connectivity index (χ3v) is 13.7. The van der Waals surface area contributed by atoms with Gasteiger partial charge in [0.25, 0.3) is 0 Å². The zero-order valence-corrected chi connectivity index (χ0v) is 35.5. The number of fused-ring (bicyclic) bond motifs is 12.